The summed E-state index contributed by atoms with van der Waals surface area (Å²) >= 11 is 0. The Morgan fingerprint density at radius 3 is 2.18 bits per heavy atom. The van der Waals surface area contributed by atoms with Crippen LogP contribution in [0.4, 0.5) is 0 Å². The maximum atomic E-state index is 12.1. The Morgan fingerprint density at radius 2 is 1.71 bits per heavy atom. The molecule has 17 heavy (non-hydrogen) atoms. The first kappa shape index (κ1) is 16.8. The molecule has 0 radical (unpaired) electrons. The predicted octanol–water partition coefficient (Wildman–Crippen LogP) is 4.55. The van der Waals surface area contributed by atoms with Crippen molar-refractivity contribution < 1.29 is 9.22 Å². The van der Waals surface area contributed by atoms with Crippen LogP contribution in [0.15, 0.2) is 0 Å². The van der Waals surface area contributed by atoms with Crippen molar-refractivity contribution >= 4 is 14.1 Å². The Labute approximate surface area is 108 Å². The van der Waals surface area contributed by atoms with Crippen LogP contribution >= 0.6 is 0 Å². The van der Waals surface area contributed by atoms with Crippen molar-refractivity contribution in [1.29, 1.82) is 0 Å². The number of ketones is 1. The number of hydrogen-bond acceptors (Lipinski definition) is 2. The summed E-state index contributed by atoms with van der Waals surface area (Å²) in [5.74, 6) is 0.401. The second-order valence-electron chi connectivity index (χ2n) is 5.77. The topological polar surface area (TPSA) is 26.3 Å². The van der Waals surface area contributed by atoms with Crippen molar-refractivity contribution in [3.8, 4) is 0 Å². The van der Waals surface area contributed by atoms with E-state index in [2.05, 4.69) is 26.9 Å². The maximum absolute atomic E-state index is 12.1. The Bertz CT molecular complexity index is 224. The molecule has 0 heterocycles. The van der Waals surface area contributed by atoms with E-state index in [-0.39, 0.29) is 11.6 Å². The Hall–Kier alpha value is -0.153. The zero-order valence-electron chi connectivity index (χ0n) is 12.5. The molecule has 0 aliphatic carbocycles. The van der Waals surface area contributed by atoms with Crippen LogP contribution < -0.4 is 0 Å². The second-order valence-corrected chi connectivity index (χ2v) is 10.1. The molecule has 0 saturated carbocycles. The van der Waals surface area contributed by atoms with Crippen LogP contribution in [0.1, 0.15) is 59.8 Å². The van der Waals surface area contributed by atoms with Crippen LogP contribution in [0, 0.1) is 0 Å². The van der Waals surface area contributed by atoms with Gasteiger partial charge >= 0.3 is 0 Å². The van der Waals surface area contributed by atoms with E-state index in [0.29, 0.717) is 5.78 Å². The van der Waals surface area contributed by atoms with Gasteiger partial charge in [0.2, 0.25) is 0 Å². The molecule has 0 amide bonds. The van der Waals surface area contributed by atoms with Gasteiger partial charge in [0, 0.05) is 18.1 Å². The van der Waals surface area contributed by atoms with Gasteiger partial charge in [0.15, 0.2) is 8.32 Å². The summed E-state index contributed by atoms with van der Waals surface area (Å²) in [4.78, 5) is 12.1. The molecule has 0 N–H and O–H groups in total. The van der Waals surface area contributed by atoms with E-state index < -0.39 is 8.32 Å². The van der Waals surface area contributed by atoms with Crippen LogP contribution in [0.3, 0.4) is 0 Å². The monoisotopic (exact) mass is 258 g/mol. The van der Waals surface area contributed by atoms with Crippen LogP contribution in [-0.2, 0) is 9.22 Å². The number of hydrogen-bond donors (Lipinski definition) is 0. The summed E-state index contributed by atoms with van der Waals surface area (Å²) in [6.07, 6.45) is 5.65. The normalized spacial score (nSPS) is 14.1. The SMILES string of the molecule is CCCCCCC(=O)C(C)[Si](C)(C)OC(C)C. The van der Waals surface area contributed by atoms with Gasteiger partial charge < -0.3 is 4.43 Å². The first-order valence-electron chi connectivity index (χ1n) is 7.01. The van der Waals surface area contributed by atoms with E-state index in [9.17, 15) is 4.79 Å². The Morgan fingerprint density at radius 1 is 1.12 bits per heavy atom. The van der Waals surface area contributed by atoms with E-state index in [1.807, 2.05) is 13.8 Å². The molecule has 0 spiro atoms. The zero-order valence-corrected chi connectivity index (χ0v) is 13.5. The number of Topliss-reactive ketones (excluding diaryl/α,β-unsaturated/α-hetero) is 1. The molecule has 0 bridgehead atoms. The van der Waals surface area contributed by atoms with Crippen LogP contribution in [0.25, 0.3) is 0 Å². The number of carbonyl (C=O) groups is 1. The van der Waals surface area contributed by atoms with Gasteiger partial charge in [0.1, 0.15) is 5.78 Å². The van der Waals surface area contributed by atoms with Gasteiger partial charge in [-0.05, 0) is 33.4 Å². The third-order valence-electron chi connectivity index (χ3n) is 3.34. The molecule has 0 aromatic rings. The van der Waals surface area contributed by atoms with E-state index in [1.54, 1.807) is 0 Å². The highest BCUT2D eigenvalue weighted by molar-refractivity contribution is 6.75. The minimum Gasteiger partial charge on any atom is -0.414 e. The van der Waals surface area contributed by atoms with Crippen molar-refractivity contribution in [2.24, 2.45) is 0 Å². The molecule has 0 aromatic carbocycles. The molecule has 102 valence electrons. The molecule has 1 unspecified atom stereocenters. The number of unbranched alkanes of at least 4 members (excludes halogenated alkanes) is 3. The average Bonchev–Trinajstić information content (AvgIpc) is 2.21. The van der Waals surface area contributed by atoms with E-state index >= 15 is 0 Å². The first-order chi connectivity index (χ1) is 7.81. The molecule has 0 aliphatic rings. The average molecular weight is 258 g/mol. The minimum absolute atomic E-state index is 0.117. The fraction of sp³-hybridized carbons (Fsp3) is 0.929. The largest absolute Gasteiger partial charge is 0.414 e. The third-order valence-corrected chi connectivity index (χ3v) is 6.83. The third kappa shape index (κ3) is 6.99. The van der Waals surface area contributed by atoms with Gasteiger partial charge in [-0.15, -0.1) is 0 Å². The lowest BCUT2D eigenvalue weighted by Crippen LogP contribution is -2.41. The van der Waals surface area contributed by atoms with Crippen LogP contribution in [-0.4, -0.2) is 20.2 Å². The van der Waals surface area contributed by atoms with Gasteiger partial charge in [0.05, 0.1) is 0 Å². The molecule has 0 aliphatic heterocycles. The Balaban J connectivity index is 4.10. The minimum atomic E-state index is -1.85. The van der Waals surface area contributed by atoms with Gasteiger partial charge in [-0.2, -0.15) is 0 Å². The molecule has 0 rings (SSSR count). The molecule has 0 fully saturated rings. The number of rotatable bonds is 9. The molecule has 1 atom stereocenters. The summed E-state index contributed by atoms with van der Waals surface area (Å²) in [5.41, 5.74) is 0.117. The van der Waals surface area contributed by atoms with E-state index in [1.165, 1.54) is 19.3 Å². The summed E-state index contributed by atoms with van der Waals surface area (Å²) in [7, 11) is -1.85. The standard InChI is InChI=1S/C14H30O2Si/c1-7-8-9-10-11-14(15)13(4)17(5,6)16-12(2)3/h12-13H,7-11H2,1-6H3. The van der Waals surface area contributed by atoms with Gasteiger partial charge in [0.25, 0.3) is 0 Å². The molecular weight excluding hydrogens is 228 g/mol. The van der Waals surface area contributed by atoms with Gasteiger partial charge in [-0.25, -0.2) is 0 Å². The van der Waals surface area contributed by atoms with Crippen molar-refractivity contribution in [2.75, 3.05) is 0 Å². The van der Waals surface area contributed by atoms with Gasteiger partial charge in [-0.1, -0.05) is 33.1 Å². The van der Waals surface area contributed by atoms with Gasteiger partial charge in [-0.3, -0.25) is 4.79 Å². The lowest BCUT2D eigenvalue weighted by molar-refractivity contribution is -0.119. The highest BCUT2D eigenvalue weighted by Crippen LogP contribution is 2.26. The smallest absolute Gasteiger partial charge is 0.197 e. The maximum Gasteiger partial charge on any atom is 0.197 e. The predicted molar refractivity (Wildman–Crippen MR) is 76.9 cm³/mol. The number of carbonyl (C=O) groups excluding carboxylic acids is 1. The molecular formula is C14H30O2Si. The molecule has 0 saturated heterocycles. The van der Waals surface area contributed by atoms with E-state index in [4.69, 9.17) is 4.43 Å². The fourth-order valence-electron chi connectivity index (χ4n) is 2.04. The van der Waals surface area contributed by atoms with Crippen LogP contribution in [0.2, 0.25) is 18.6 Å². The molecule has 3 heteroatoms. The van der Waals surface area contributed by atoms with Crippen molar-refractivity contribution in [3.63, 3.8) is 0 Å². The summed E-state index contributed by atoms with van der Waals surface area (Å²) < 4.78 is 5.97. The quantitative estimate of drug-likeness (QED) is 0.448. The fourth-order valence-corrected chi connectivity index (χ4v) is 4.38. The summed E-state index contributed by atoms with van der Waals surface area (Å²) in [5, 5.41) is 0. The Kier molecular flexibility index (Phi) is 7.97. The highest BCUT2D eigenvalue weighted by atomic mass is 28.4. The zero-order chi connectivity index (χ0) is 13.5. The summed E-state index contributed by atoms with van der Waals surface area (Å²) in [6.45, 7) is 12.7. The second kappa shape index (κ2) is 8.04. The lowest BCUT2D eigenvalue weighted by atomic mass is 10.1. The highest BCUT2D eigenvalue weighted by Gasteiger charge is 2.35. The first-order valence-corrected chi connectivity index (χ1v) is 10.00. The molecule has 0 aromatic heterocycles. The molecule has 2 nitrogen and oxygen atoms in total. The van der Waals surface area contributed by atoms with Crippen molar-refractivity contribution in [1.82, 2.24) is 0 Å². The summed E-state index contributed by atoms with van der Waals surface area (Å²) in [6, 6.07) is 0. The van der Waals surface area contributed by atoms with Crippen LogP contribution in [0.5, 0.6) is 0 Å². The van der Waals surface area contributed by atoms with E-state index in [0.717, 1.165) is 12.8 Å². The lowest BCUT2D eigenvalue weighted by Gasteiger charge is -2.30. The van der Waals surface area contributed by atoms with Crippen molar-refractivity contribution in [2.45, 2.75) is 84.5 Å². The van der Waals surface area contributed by atoms with Crippen molar-refractivity contribution in [3.05, 3.63) is 0 Å².